The monoisotopic (exact) mass is 446 g/mol. The molecule has 1 N–H and O–H groups in total. The molecule has 0 aromatic carbocycles. The maximum atomic E-state index is 4.03. The van der Waals surface area contributed by atoms with Crippen LogP contribution in [0.4, 0.5) is 0 Å². The molecule has 0 heterocycles. The summed E-state index contributed by atoms with van der Waals surface area (Å²) < 4.78 is 8.05. The molecule has 0 atom stereocenters. The largest absolute Gasteiger partial charge is 1.00 e. The van der Waals surface area contributed by atoms with Crippen LogP contribution in [0.15, 0.2) is 0 Å². The van der Waals surface area contributed by atoms with Crippen LogP contribution in [0.1, 0.15) is 61.3 Å². The summed E-state index contributed by atoms with van der Waals surface area (Å²) in [4.78, 5) is 0. The van der Waals surface area contributed by atoms with Crippen molar-refractivity contribution in [2.24, 2.45) is 0 Å². The van der Waals surface area contributed by atoms with Crippen LogP contribution in [-0.2, 0) is 0 Å². The molecule has 22 heavy (non-hydrogen) atoms. The van der Waals surface area contributed by atoms with Gasteiger partial charge in [0.25, 0.3) is 0 Å². The first kappa shape index (κ1) is 25.2. The molecule has 0 aromatic heterocycles. The summed E-state index contributed by atoms with van der Waals surface area (Å²) in [7, 11) is -1.61. The van der Waals surface area contributed by atoms with Gasteiger partial charge in [-0.1, -0.05) is 13.3 Å². The standard InChI is InChI=1S/C16H40N4P.HI/c1-8-15-16-17-21(18(9-2)10-3,19(11-4)12-5)20(13-6)14-7;/h17H,8-16H2,1-7H3;1H/q+1;/p-1. The van der Waals surface area contributed by atoms with Crippen LogP contribution < -0.4 is 29.1 Å². The van der Waals surface area contributed by atoms with E-state index in [9.17, 15) is 0 Å². The highest BCUT2D eigenvalue weighted by molar-refractivity contribution is 7.67. The first-order valence-corrected chi connectivity index (χ1v) is 10.7. The molecule has 0 aliphatic carbocycles. The third kappa shape index (κ3) is 6.14. The SMILES string of the molecule is CCCCN[P+](N(CC)CC)(N(CC)CC)N(CC)CC.[I-]. The predicted octanol–water partition coefficient (Wildman–Crippen LogP) is 1.08. The van der Waals surface area contributed by atoms with Crippen LogP contribution in [0, 0.1) is 0 Å². The zero-order valence-electron chi connectivity index (χ0n) is 16.0. The molecule has 0 spiro atoms. The fourth-order valence-electron chi connectivity index (χ4n) is 3.10. The van der Waals surface area contributed by atoms with E-state index in [4.69, 9.17) is 0 Å². The first-order chi connectivity index (χ1) is 10.1. The van der Waals surface area contributed by atoms with Gasteiger partial charge < -0.3 is 24.0 Å². The summed E-state index contributed by atoms with van der Waals surface area (Å²) in [5, 5.41) is 4.03. The molecule has 136 valence electrons. The molecule has 0 saturated carbocycles. The predicted molar refractivity (Wildman–Crippen MR) is 98.6 cm³/mol. The number of halogens is 1. The van der Waals surface area contributed by atoms with Crippen LogP contribution in [0.5, 0.6) is 0 Å². The summed E-state index contributed by atoms with van der Waals surface area (Å²) in [6.07, 6.45) is 2.51. The van der Waals surface area contributed by atoms with E-state index in [0.29, 0.717) is 0 Å². The normalized spacial score (nSPS) is 12.3. The molecule has 6 heteroatoms. The highest BCUT2D eigenvalue weighted by atomic mass is 127. The molecule has 0 amide bonds. The fourth-order valence-corrected chi connectivity index (χ4v) is 7.59. The van der Waals surface area contributed by atoms with Crippen molar-refractivity contribution in [3.8, 4) is 0 Å². The second-order valence-electron chi connectivity index (χ2n) is 5.25. The van der Waals surface area contributed by atoms with Gasteiger partial charge in [-0.3, -0.25) is 0 Å². The highest BCUT2D eigenvalue weighted by Gasteiger charge is 2.53. The Labute approximate surface area is 157 Å². The van der Waals surface area contributed by atoms with Gasteiger partial charge in [0.2, 0.25) is 0 Å². The summed E-state index contributed by atoms with van der Waals surface area (Å²) in [5.74, 6) is 0. The van der Waals surface area contributed by atoms with Gasteiger partial charge in [-0.15, -0.1) is 19.1 Å². The van der Waals surface area contributed by atoms with Crippen molar-refractivity contribution in [2.75, 3.05) is 45.8 Å². The zero-order valence-corrected chi connectivity index (χ0v) is 19.1. The smallest absolute Gasteiger partial charge is 0.305 e. The van der Waals surface area contributed by atoms with E-state index in [2.05, 4.69) is 67.6 Å². The lowest BCUT2D eigenvalue weighted by molar-refractivity contribution is -0.00000556. The third-order valence-electron chi connectivity index (χ3n) is 4.23. The molecule has 0 fully saturated rings. The Morgan fingerprint density at radius 3 is 1.18 bits per heavy atom. The van der Waals surface area contributed by atoms with E-state index < -0.39 is 7.87 Å². The Hall–Kier alpha value is 1.00. The molecule has 0 aliphatic rings. The minimum Gasteiger partial charge on any atom is -1.00 e. The van der Waals surface area contributed by atoms with E-state index in [1.54, 1.807) is 0 Å². The van der Waals surface area contributed by atoms with Crippen molar-refractivity contribution < 1.29 is 24.0 Å². The molecular formula is C16H40IN4P. The number of rotatable bonds is 13. The molecule has 0 bridgehead atoms. The third-order valence-corrected chi connectivity index (χ3v) is 8.94. The van der Waals surface area contributed by atoms with Gasteiger partial charge in [-0.25, -0.2) is 0 Å². The molecule has 0 saturated heterocycles. The molecule has 0 radical (unpaired) electrons. The number of unbranched alkanes of at least 4 members (excludes halogenated alkanes) is 1. The maximum absolute atomic E-state index is 4.03. The lowest BCUT2D eigenvalue weighted by Gasteiger charge is -2.45. The van der Waals surface area contributed by atoms with E-state index in [0.717, 1.165) is 45.8 Å². The first-order valence-electron chi connectivity index (χ1n) is 9.02. The number of hydrogen-bond acceptors (Lipinski definition) is 4. The van der Waals surface area contributed by atoms with Crippen molar-refractivity contribution in [1.29, 1.82) is 0 Å². The summed E-state index contributed by atoms with van der Waals surface area (Å²) >= 11 is 0. The van der Waals surface area contributed by atoms with Gasteiger partial charge in [-0.05, 0) is 48.0 Å². The maximum Gasteiger partial charge on any atom is 0.305 e. The Balaban J connectivity index is 0. The van der Waals surface area contributed by atoms with Gasteiger partial charge in [0.15, 0.2) is 0 Å². The van der Waals surface area contributed by atoms with Crippen LogP contribution >= 0.6 is 7.87 Å². The Morgan fingerprint density at radius 1 is 0.636 bits per heavy atom. The van der Waals surface area contributed by atoms with Crippen molar-refractivity contribution in [2.45, 2.75) is 61.3 Å². The zero-order chi connectivity index (χ0) is 16.3. The van der Waals surface area contributed by atoms with Gasteiger partial charge in [-0.2, -0.15) is 0 Å². The van der Waals surface area contributed by atoms with E-state index >= 15 is 0 Å². The topological polar surface area (TPSA) is 21.8 Å². The van der Waals surface area contributed by atoms with E-state index in [1.807, 2.05) is 0 Å². The van der Waals surface area contributed by atoms with Crippen LogP contribution in [0.3, 0.4) is 0 Å². The minimum absolute atomic E-state index is 0. The molecule has 0 rings (SSSR count). The van der Waals surface area contributed by atoms with Gasteiger partial charge in [0, 0.05) is 45.8 Å². The number of nitrogens with zero attached hydrogens (tertiary/aromatic N) is 3. The summed E-state index contributed by atoms with van der Waals surface area (Å²) in [6, 6.07) is 0. The lowest BCUT2D eigenvalue weighted by Crippen LogP contribution is -3.00. The minimum atomic E-state index is -1.61. The van der Waals surface area contributed by atoms with Crippen LogP contribution in [0.25, 0.3) is 0 Å². The number of nitrogens with one attached hydrogen (secondary N) is 1. The highest BCUT2D eigenvalue weighted by Crippen LogP contribution is 2.63. The quantitative estimate of drug-likeness (QED) is 0.260. The van der Waals surface area contributed by atoms with Crippen molar-refractivity contribution in [3.63, 3.8) is 0 Å². The van der Waals surface area contributed by atoms with Crippen molar-refractivity contribution in [3.05, 3.63) is 0 Å². The van der Waals surface area contributed by atoms with E-state index in [1.165, 1.54) is 12.8 Å². The Bertz CT molecular complexity index is 213. The number of hydrogen-bond donors (Lipinski definition) is 1. The van der Waals surface area contributed by atoms with Gasteiger partial charge in [0.05, 0.1) is 0 Å². The van der Waals surface area contributed by atoms with Gasteiger partial charge in [0.1, 0.15) is 0 Å². The lowest BCUT2D eigenvalue weighted by atomic mass is 10.3. The van der Waals surface area contributed by atoms with Gasteiger partial charge >= 0.3 is 7.87 Å². The molecule has 4 nitrogen and oxygen atoms in total. The Kier molecular flexibility index (Phi) is 16.5. The van der Waals surface area contributed by atoms with Crippen LogP contribution in [0.2, 0.25) is 0 Å². The van der Waals surface area contributed by atoms with Crippen molar-refractivity contribution >= 4 is 7.87 Å². The molecular weight excluding hydrogens is 406 g/mol. The second kappa shape index (κ2) is 14.4. The average Bonchev–Trinajstić information content (AvgIpc) is 2.50. The second-order valence-corrected chi connectivity index (χ2v) is 8.40. The molecule has 0 aliphatic heterocycles. The fraction of sp³-hybridized carbons (Fsp3) is 1.00. The molecule has 0 unspecified atom stereocenters. The van der Waals surface area contributed by atoms with Crippen molar-refractivity contribution in [1.82, 2.24) is 19.1 Å². The Morgan fingerprint density at radius 2 is 0.955 bits per heavy atom. The average molecular weight is 446 g/mol. The summed E-state index contributed by atoms with van der Waals surface area (Å²) in [6.45, 7) is 23.8. The van der Waals surface area contributed by atoms with E-state index in [-0.39, 0.29) is 24.0 Å². The summed E-state index contributed by atoms with van der Waals surface area (Å²) in [5.41, 5.74) is 0. The van der Waals surface area contributed by atoms with Crippen LogP contribution in [-0.4, -0.2) is 59.8 Å². The molecule has 0 aromatic rings.